The number of unbranched alkanes of at least 4 members (excludes halogenated alkanes) is 26. The van der Waals surface area contributed by atoms with Gasteiger partial charge in [0.15, 0.2) is 55.5 Å². The Kier molecular flexibility index (Phi) is 71.3. The fourth-order valence-corrected chi connectivity index (χ4v) is 19.0. The van der Waals surface area contributed by atoms with Gasteiger partial charge in [-0.05, 0) is 105 Å². The predicted molar refractivity (Wildman–Crippen MR) is 541 cm³/mol. The number of carbonyl (C=O) groups excluding carboxylic acids is 17. The second-order valence-corrected chi connectivity index (χ2v) is 39.7. The zero-order chi connectivity index (χ0) is 110. The average Bonchev–Trinajstić information content (AvgIpc) is 0.792. The van der Waals surface area contributed by atoms with Gasteiger partial charge in [0.1, 0.15) is 68.3 Å². The standard InChI is InChI=1S/C103H175N10O35P/c1-68(2)113(69(3)4)149(138-61-48-54-104)139-64-63-131-62-57-107-99(129)82(49-41-43-55-105-87(126)51-38-32-26-20-17-23-29-35-45-58-132-101-90(108-70(5)114)96(143-79(14)123)93(140-76(11)120)84(146-101)65-135-73(8)117)112-100(130)83(111-89(128)53-40-34-28-22-19-25-31-37-47-60-134-103-92(110-72(7)116)98(145-81(16)125)95(142-78(13)122)86(148-103)67-137-75(10)119)50-42-44-56-106-88(127)52-39-33-27-21-18-24-30-36-46-59-133-102-91(109-71(6)115)97(144-80(15)124)94(141-77(12)121)85(147-102)66-136-74(9)118/h68-69,82-86,90-98,101-103H,17-53,55-67H2,1-16H3,(H,105,126)(H,106,127)(H,107,129)(H,108,114)(H,109,115)(H,110,116)(H,111,128)(H,112,130). The van der Waals surface area contributed by atoms with Gasteiger partial charge in [-0.1, -0.05) is 135 Å². The molecule has 18 unspecified atom stereocenters. The Morgan fingerprint density at radius 3 is 0.906 bits per heavy atom. The van der Waals surface area contributed by atoms with Crippen LogP contribution in [-0.2, 0) is 166 Å². The second kappa shape index (κ2) is 79.5. The van der Waals surface area contributed by atoms with E-state index in [0.29, 0.717) is 90.1 Å². The summed E-state index contributed by atoms with van der Waals surface area (Å²) in [4.78, 5) is 215. The highest BCUT2D eigenvalue weighted by molar-refractivity contribution is 7.44. The summed E-state index contributed by atoms with van der Waals surface area (Å²) in [5.74, 6) is -9.18. The minimum Gasteiger partial charge on any atom is -0.463 e. The number of carbonyl (C=O) groups is 17. The van der Waals surface area contributed by atoms with Gasteiger partial charge in [-0.25, -0.2) is 4.67 Å². The van der Waals surface area contributed by atoms with E-state index in [1.807, 2.05) is 27.7 Å². The summed E-state index contributed by atoms with van der Waals surface area (Å²) in [5.41, 5.74) is 0. The molecular formula is C103H175N10O35P. The van der Waals surface area contributed by atoms with Gasteiger partial charge in [-0.3, -0.25) is 81.5 Å². The molecule has 0 radical (unpaired) electrons. The molecule has 0 saturated carbocycles. The van der Waals surface area contributed by atoms with Gasteiger partial charge in [0.2, 0.25) is 47.3 Å². The Labute approximate surface area is 880 Å². The molecule has 0 aromatic heterocycles. The normalized spacial score (nSPS) is 21.0. The van der Waals surface area contributed by atoms with Crippen molar-refractivity contribution < 1.29 is 166 Å². The molecule has 3 fully saturated rings. The van der Waals surface area contributed by atoms with Crippen molar-refractivity contribution in [3.05, 3.63) is 0 Å². The van der Waals surface area contributed by atoms with E-state index in [1.54, 1.807) is 0 Å². The summed E-state index contributed by atoms with van der Waals surface area (Å²) >= 11 is 0. The molecule has 3 saturated heterocycles. The molecule has 3 aliphatic heterocycles. The summed E-state index contributed by atoms with van der Waals surface area (Å²) in [6, 6.07) is -3.03. The van der Waals surface area contributed by atoms with Crippen LogP contribution in [0.5, 0.6) is 0 Å². The number of amides is 8. The van der Waals surface area contributed by atoms with Crippen molar-refractivity contribution in [1.29, 1.82) is 5.26 Å². The van der Waals surface area contributed by atoms with Crippen LogP contribution in [0.15, 0.2) is 0 Å². The molecule has 18 atom stereocenters. The molecule has 0 aliphatic carbocycles. The average molecular weight is 2140 g/mol. The largest absolute Gasteiger partial charge is 0.463 e. The number of esters is 9. The highest BCUT2D eigenvalue weighted by atomic mass is 31.2. The Morgan fingerprint density at radius 2 is 0.604 bits per heavy atom. The topological polar surface area (TPSA) is 580 Å². The molecule has 8 amide bonds. The molecule has 45 nitrogen and oxygen atoms in total. The maximum Gasteiger partial charge on any atom is 0.303 e. The lowest BCUT2D eigenvalue weighted by atomic mass is 9.96. The first-order valence-electron chi connectivity index (χ1n) is 53.4. The zero-order valence-corrected chi connectivity index (χ0v) is 91.8. The minimum absolute atomic E-state index is 0.0763. The number of nitrogens with one attached hydrogen (secondary N) is 8. The van der Waals surface area contributed by atoms with Crippen molar-refractivity contribution in [2.24, 2.45) is 0 Å². The number of hydrogen-bond acceptors (Lipinski definition) is 37. The molecule has 0 aromatic rings. The molecule has 0 bridgehead atoms. The molecule has 8 N–H and O–H groups in total. The summed E-state index contributed by atoms with van der Waals surface area (Å²) in [5, 5.41) is 32.1. The van der Waals surface area contributed by atoms with Crippen molar-refractivity contribution in [2.45, 2.75) is 464 Å². The lowest BCUT2D eigenvalue weighted by Gasteiger charge is -2.44. The van der Waals surface area contributed by atoms with E-state index < -0.39 is 196 Å². The first-order chi connectivity index (χ1) is 71.1. The number of hydrogen-bond donors (Lipinski definition) is 8. The monoisotopic (exact) mass is 2140 g/mol. The number of nitrogens with zero attached hydrogens (tertiary/aromatic N) is 2. The van der Waals surface area contributed by atoms with Gasteiger partial charge < -0.3 is 127 Å². The summed E-state index contributed by atoms with van der Waals surface area (Å²) in [6.45, 7) is 23.5. The van der Waals surface area contributed by atoms with E-state index in [1.165, 1.54) is 62.3 Å². The minimum atomic E-state index is -1.51. The summed E-state index contributed by atoms with van der Waals surface area (Å²) in [6.07, 6.45) is 11.7. The summed E-state index contributed by atoms with van der Waals surface area (Å²) < 4.78 is 106. The first-order valence-corrected chi connectivity index (χ1v) is 54.5. The van der Waals surface area contributed by atoms with Crippen molar-refractivity contribution >= 4 is 110 Å². The third-order valence-corrected chi connectivity index (χ3v) is 26.2. The molecule has 3 aliphatic rings. The van der Waals surface area contributed by atoms with E-state index in [0.717, 1.165) is 156 Å². The SMILES string of the molecule is CC(=O)NC1C(OCCCCCCCCCCCC(=O)NCCCCC(NC(=O)CCCCCCCCCCCOC2OC(COC(C)=O)C(OC(C)=O)C(OC(C)=O)C2NC(C)=O)C(=O)NC(CCCCNC(=O)CCCCCCCCCCCOC2OC(COC(C)=O)C(OC(C)=O)C(OC(C)=O)C2NC(C)=O)C(=O)NCCOCCOP(OCCC#N)N(C(C)C)C(C)C)OC(COC(C)=O)C(OC(C)=O)C1OC(C)=O. The zero-order valence-electron chi connectivity index (χ0n) is 91.0. The maximum atomic E-state index is 14.7. The van der Waals surface area contributed by atoms with Crippen molar-refractivity contribution in [2.75, 3.05) is 85.7 Å². The molecule has 46 heteroatoms. The number of nitriles is 1. The van der Waals surface area contributed by atoms with E-state index in [9.17, 15) is 86.8 Å². The van der Waals surface area contributed by atoms with Crippen LogP contribution in [0.4, 0.5) is 0 Å². The highest BCUT2D eigenvalue weighted by Gasteiger charge is 2.55. The van der Waals surface area contributed by atoms with Crippen LogP contribution >= 0.6 is 8.53 Å². The number of ether oxygens (including phenoxy) is 16. The van der Waals surface area contributed by atoms with Crippen LogP contribution in [0.25, 0.3) is 0 Å². The van der Waals surface area contributed by atoms with Gasteiger partial charge in [0.05, 0.1) is 38.9 Å². The Morgan fingerprint density at radius 1 is 0.309 bits per heavy atom. The van der Waals surface area contributed by atoms with Crippen LogP contribution < -0.4 is 42.5 Å². The number of rotatable bonds is 81. The van der Waals surface area contributed by atoms with Gasteiger partial charge in [0.25, 0.3) is 8.53 Å². The van der Waals surface area contributed by atoms with Gasteiger partial charge in [0, 0.05) is 154 Å². The third kappa shape index (κ3) is 61.1. The van der Waals surface area contributed by atoms with Gasteiger partial charge in [-0.2, -0.15) is 5.26 Å². The van der Waals surface area contributed by atoms with E-state index in [4.69, 9.17) is 84.8 Å². The van der Waals surface area contributed by atoms with Crippen molar-refractivity contribution in [3.63, 3.8) is 0 Å². The van der Waals surface area contributed by atoms with Crippen molar-refractivity contribution in [3.8, 4) is 6.07 Å². The molecule has 0 spiro atoms. The Hall–Kier alpha value is -9.49. The van der Waals surface area contributed by atoms with Gasteiger partial charge >= 0.3 is 53.7 Å². The molecule has 3 rings (SSSR count). The lowest BCUT2D eigenvalue weighted by Crippen LogP contribution is -2.66. The van der Waals surface area contributed by atoms with E-state index in [-0.39, 0.29) is 128 Å². The van der Waals surface area contributed by atoms with E-state index >= 15 is 0 Å². The Balaban J connectivity index is 1.65. The highest BCUT2D eigenvalue weighted by Crippen LogP contribution is 2.46. The van der Waals surface area contributed by atoms with Crippen LogP contribution in [0.1, 0.15) is 348 Å². The second-order valence-electron chi connectivity index (χ2n) is 38.2. The van der Waals surface area contributed by atoms with E-state index in [2.05, 4.69) is 53.3 Å². The van der Waals surface area contributed by atoms with Gasteiger partial charge in [-0.15, -0.1) is 0 Å². The molecular weight excluding hydrogens is 1970 g/mol. The molecule has 149 heavy (non-hydrogen) atoms. The van der Waals surface area contributed by atoms with Crippen molar-refractivity contribution in [1.82, 2.24) is 47.2 Å². The van der Waals surface area contributed by atoms with Crippen LogP contribution in [0.2, 0.25) is 0 Å². The molecule has 852 valence electrons. The maximum absolute atomic E-state index is 14.7. The molecule has 0 aromatic carbocycles. The fourth-order valence-electron chi connectivity index (χ4n) is 17.4. The molecule has 3 heterocycles. The Bertz CT molecular complexity index is 4010. The quantitative estimate of drug-likeness (QED) is 0.0121. The third-order valence-electron chi connectivity index (χ3n) is 24.1. The van der Waals surface area contributed by atoms with Crippen LogP contribution in [0, 0.1) is 11.3 Å². The fraction of sp³-hybridized carbons (Fsp3) is 0.825. The summed E-state index contributed by atoms with van der Waals surface area (Å²) in [7, 11) is -1.51. The smallest absolute Gasteiger partial charge is 0.303 e. The van der Waals surface area contributed by atoms with Crippen LogP contribution in [0.3, 0.4) is 0 Å². The van der Waals surface area contributed by atoms with Crippen LogP contribution in [-0.4, -0.2) is 307 Å². The first kappa shape index (κ1) is 134. The predicted octanol–water partition coefficient (Wildman–Crippen LogP) is 9.68. The lowest BCUT2D eigenvalue weighted by molar-refractivity contribution is -0.277.